The Kier molecular flexibility index (Phi) is 4.82. The normalized spacial score (nSPS) is 23.6. The summed E-state index contributed by atoms with van der Waals surface area (Å²) in [7, 11) is 1.37. The van der Waals surface area contributed by atoms with Crippen molar-refractivity contribution in [3.05, 3.63) is 12.2 Å². The number of hydrogen-bond acceptors (Lipinski definition) is 3. The van der Waals surface area contributed by atoms with Crippen molar-refractivity contribution in [1.29, 1.82) is 0 Å². The molecule has 0 N–H and O–H groups in total. The van der Waals surface area contributed by atoms with E-state index in [0.717, 1.165) is 6.42 Å². The number of unbranched alkanes of at least 4 members (excludes halogenated alkanes) is 3. The van der Waals surface area contributed by atoms with Gasteiger partial charge in [0.2, 0.25) is 0 Å². The minimum atomic E-state index is -0.351. The molecule has 0 spiro atoms. The highest BCUT2D eigenvalue weighted by Gasteiger charge is 2.42. The first kappa shape index (κ1) is 12.2. The van der Waals surface area contributed by atoms with Gasteiger partial charge in [-0.25, -0.2) is 4.79 Å². The van der Waals surface area contributed by atoms with Crippen LogP contribution in [0.15, 0.2) is 12.2 Å². The van der Waals surface area contributed by atoms with Crippen molar-refractivity contribution in [2.75, 3.05) is 7.11 Å². The summed E-state index contributed by atoms with van der Waals surface area (Å²) in [6.45, 7) is 5.87. The molecule has 0 unspecified atom stereocenters. The van der Waals surface area contributed by atoms with Crippen molar-refractivity contribution < 1.29 is 14.3 Å². The van der Waals surface area contributed by atoms with E-state index in [4.69, 9.17) is 4.74 Å². The number of carbonyl (C=O) groups excluding carboxylic acids is 1. The standard InChI is InChI=1S/C12H20O3/c1-4-5-6-7-8-10-11(15-10)9(2)12(13)14-3/h10-11H,2,4-8H2,1,3H3/t10-,11-/m0/s1. The maximum atomic E-state index is 11.1. The molecule has 0 amide bonds. The summed E-state index contributed by atoms with van der Waals surface area (Å²) in [5.41, 5.74) is 0.456. The molecule has 0 radical (unpaired) electrons. The molecule has 15 heavy (non-hydrogen) atoms. The first-order valence-electron chi connectivity index (χ1n) is 5.63. The molecule has 0 aromatic rings. The zero-order valence-corrected chi connectivity index (χ0v) is 9.62. The molecular weight excluding hydrogens is 192 g/mol. The molecule has 0 aromatic carbocycles. The van der Waals surface area contributed by atoms with Crippen molar-refractivity contribution in [3.8, 4) is 0 Å². The second-order valence-corrected chi connectivity index (χ2v) is 3.96. The van der Waals surface area contributed by atoms with Crippen LogP contribution >= 0.6 is 0 Å². The highest BCUT2D eigenvalue weighted by Crippen LogP contribution is 2.32. The van der Waals surface area contributed by atoms with E-state index in [0.29, 0.717) is 5.57 Å². The largest absolute Gasteiger partial charge is 0.466 e. The third-order valence-electron chi connectivity index (χ3n) is 2.72. The van der Waals surface area contributed by atoms with Crippen molar-refractivity contribution in [2.24, 2.45) is 0 Å². The average Bonchev–Trinajstić information content (AvgIpc) is 3.01. The molecule has 1 aliphatic rings. The fraction of sp³-hybridized carbons (Fsp3) is 0.750. The zero-order valence-electron chi connectivity index (χ0n) is 9.62. The lowest BCUT2D eigenvalue weighted by atomic mass is 10.1. The molecule has 1 saturated heterocycles. The Balaban J connectivity index is 2.12. The molecule has 0 aromatic heterocycles. The Hall–Kier alpha value is -0.830. The van der Waals surface area contributed by atoms with E-state index in [2.05, 4.69) is 18.2 Å². The molecule has 0 saturated carbocycles. The fourth-order valence-corrected chi connectivity index (χ4v) is 1.69. The summed E-state index contributed by atoms with van der Waals surface area (Å²) in [6, 6.07) is 0. The van der Waals surface area contributed by atoms with Crippen LogP contribution in [0.1, 0.15) is 39.0 Å². The van der Waals surface area contributed by atoms with Crippen molar-refractivity contribution in [3.63, 3.8) is 0 Å². The van der Waals surface area contributed by atoms with Gasteiger partial charge >= 0.3 is 5.97 Å². The van der Waals surface area contributed by atoms with Crippen LogP contribution in [0, 0.1) is 0 Å². The number of hydrogen-bond donors (Lipinski definition) is 0. The first-order chi connectivity index (χ1) is 7.20. The van der Waals surface area contributed by atoms with Crippen LogP contribution in [-0.2, 0) is 14.3 Å². The lowest BCUT2D eigenvalue weighted by Gasteiger charge is -1.99. The summed E-state index contributed by atoms with van der Waals surface area (Å²) >= 11 is 0. The Bertz CT molecular complexity index is 235. The maximum absolute atomic E-state index is 11.1. The molecule has 0 aliphatic carbocycles. The Morgan fingerprint density at radius 1 is 1.40 bits per heavy atom. The second-order valence-electron chi connectivity index (χ2n) is 3.96. The van der Waals surface area contributed by atoms with Gasteiger partial charge in [0.1, 0.15) is 6.10 Å². The first-order valence-corrected chi connectivity index (χ1v) is 5.63. The summed E-state index contributed by atoms with van der Waals surface area (Å²) in [5, 5.41) is 0. The molecule has 1 heterocycles. The number of methoxy groups -OCH3 is 1. The number of carbonyl (C=O) groups is 1. The van der Waals surface area contributed by atoms with Gasteiger partial charge in [-0.2, -0.15) is 0 Å². The molecule has 1 aliphatic heterocycles. The summed E-state index contributed by atoms with van der Waals surface area (Å²) < 4.78 is 9.97. The predicted octanol–water partition coefficient (Wildman–Crippen LogP) is 2.45. The van der Waals surface area contributed by atoms with Crippen LogP contribution < -0.4 is 0 Å². The number of epoxide rings is 1. The van der Waals surface area contributed by atoms with Gasteiger partial charge in [-0.3, -0.25) is 0 Å². The van der Waals surface area contributed by atoms with Gasteiger partial charge in [0, 0.05) is 0 Å². The number of ether oxygens (including phenoxy) is 2. The van der Waals surface area contributed by atoms with Gasteiger partial charge in [-0.1, -0.05) is 39.2 Å². The topological polar surface area (TPSA) is 38.8 Å². The third-order valence-corrected chi connectivity index (χ3v) is 2.72. The van der Waals surface area contributed by atoms with Crippen LogP contribution in [0.4, 0.5) is 0 Å². The summed E-state index contributed by atoms with van der Waals surface area (Å²) in [4.78, 5) is 11.1. The van der Waals surface area contributed by atoms with E-state index < -0.39 is 0 Å². The Labute approximate surface area is 91.4 Å². The van der Waals surface area contributed by atoms with Crippen molar-refractivity contribution >= 4 is 5.97 Å². The third kappa shape index (κ3) is 3.67. The minimum Gasteiger partial charge on any atom is -0.466 e. The van der Waals surface area contributed by atoms with Crippen LogP contribution in [0.25, 0.3) is 0 Å². The van der Waals surface area contributed by atoms with Crippen LogP contribution in [-0.4, -0.2) is 25.3 Å². The molecular formula is C12H20O3. The maximum Gasteiger partial charge on any atom is 0.335 e. The van der Waals surface area contributed by atoms with E-state index in [1.165, 1.54) is 32.8 Å². The molecule has 1 fully saturated rings. The van der Waals surface area contributed by atoms with E-state index in [1.807, 2.05) is 0 Å². The van der Waals surface area contributed by atoms with E-state index >= 15 is 0 Å². The van der Waals surface area contributed by atoms with E-state index in [-0.39, 0.29) is 18.2 Å². The minimum absolute atomic E-state index is 0.0842. The monoisotopic (exact) mass is 212 g/mol. The van der Waals surface area contributed by atoms with Gasteiger partial charge < -0.3 is 9.47 Å². The quantitative estimate of drug-likeness (QED) is 0.281. The SMILES string of the molecule is C=C(C(=O)OC)[C@@H]1O[C@H]1CCCCCC. The van der Waals surface area contributed by atoms with Crippen LogP contribution in [0.5, 0.6) is 0 Å². The second kappa shape index (κ2) is 5.91. The molecule has 2 atom stereocenters. The van der Waals surface area contributed by atoms with E-state index in [9.17, 15) is 4.79 Å². The van der Waals surface area contributed by atoms with E-state index in [1.54, 1.807) is 0 Å². The average molecular weight is 212 g/mol. The van der Waals surface area contributed by atoms with Crippen molar-refractivity contribution in [1.82, 2.24) is 0 Å². The van der Waals surface area contributed by atoms with Gasteiger partial charge in [0.05, 0.1) is 18.8 Å². The van der Waals surface area contributed by atoms with Gasteiger partial charge in [0.25, 0.3) is 0 Å². The van der Waals surface area contributed by atoms with Crippen LogP contribution in [0.2, 0.25) is 0 Å². The lowest BCUT2D eigenvalue weighted by Crippen LogP contribution is -2.10. The fourth-order valence-electron chi connectivity index (χ4n) is 1.69. The summed E-state index contributed by atoms with van der Waals surface area (Å²) in [6.07, 6.45) is 6.07. The Morgan fingerprint density at radius 2 is 2.13 bits per heavy atom. The zero-order chi connectivity index (χ0) is 11.3. The molecule has 3 nitrogen and oxygen atoms in total. The molecule has 86 valence electrons. The molecule has 3 heteroatoms. The van der Waals surface area contributed by atoms with Gasteiger partial charge in [0.15, 0.2) is 0 Å². The predicted molar refractivity (Wildman–Crippen MR) is 58.6 cm³/mol. The highest BCUT2D eigenvalue weighted by molar-refractivity contribution is 5.89. The Morgan fingerprint density at radius 3 is 2.73 bits per heavy atom. The van der Waals surface area contributed by atoms with Gasteiger partial charge in [-0.15, -0.1) is 0 Å². The highest BCUT2D eigenvalue weighted by atomic mass is 16.6. The number of esters is 1. The van der Waals surface area contributed by atoms with Crippen molar-refractivity contribution in [2.45, 2.75) is 51.2 Å². The molecule has 0 bridgehead atoms. The number of rotatable bonds is 7. The smallest absolute Gasteiger partial charge is 0.335 e. The van der Waals surface area contributed by atoms with Gasteiger partial charge in [-0.05, 0) is 6.42 Å². The molecule has 1 rings (SSSR count). The summed E-state index contributed by atoms with van der Waals surface area (Å²) in [5.74, 6) is -0.351. The van der Waals surface area contributed by atoms with Crippen LogP contribution in [0.3, 0.4) is 0 Å². The lowest BCUT2D eigenvalue weighted by molar-refractivity contribution is -0.136.